The van der Waals surface area contributed by atoms with Crippen molar-refractivity contribution in [2.24, 2.45) is 0 Å². The average Bonchev–Trinajstić information content (AvgIpc) is 2.95. The molecule has 1 spiro atoms. The van der Waals surface area contributed by atoms with Gasteiger partial charge >= 0.3 is 0 Å². The number of piperidine rings is 1. The van der Waals surface area contributed by atoms with Crippen molar-refractivity contribution in [1.29, 1.82) is 0 Å². The van der Waals surface area contributed by atoms with Crippen LogP contribution in [0.1, 0.15) is 30.4 Å². The number of likely N-dealkylation sites (tertiary alicyclic amines) is 1. The molecule has 0 aliphatic carbocycles. The van der Waals surface area contributed by atoms with Crippen molar-refractivity contribution in [2.75, 3.05) is 26.3 Å². The van der Waals surface area contributed by atoms with Crippen molar-refractivity contribution in [3.63, 3.8) is 0 Å². The van der Waals surface area contributed by atoms with Crippen molar-refractivity contribution in [3.05, 3.63) is 35.4 Å². The fourth-order valence-corrected chi connectivity index (χ4v) is 3.05. The lowest BCUT2D eigenvalue weighted by Gasteiger charge is -2.37. The van der Waals surface area contributed by atoms with E-state index >= 15 is 0 Å². The molecule has 0 unspecified atom stereocenters. The lowest BCUT2D eigenvalue weighted by molar-refractivity contribution is -0.187. The van der Waals surface area contributed by atoms with Crippen LogP contribution in [0, 0.1) is 6.92 Å². The van der Waals surface area contributed by atoms with E-state index in [0.29, 0.717) is 19.6 Å². The Bertz CT molecular complexity index is 481. The third-order valence-corrected chi connectivity index (χ3v) is 4.44. The summed E-state index contributed by atoms with van der Waals surface area (Å²) in [6.45, 7) is 4.92. The normalized spacial score (nSPS) is 20.9. The van der Waals surface area contributed by atoms with Crippen molar-refractivity contribution in [3.8, 4) is 0 Å². The monoisotopic (exact) mass is 289 g/mol. The fraction of sp³-hybridized carbons (Fsp3) is 0.588. The fourth-order valence-electron chi connectivity index (χ4n) is 3.05. The molecule has 2 saturated heterocycles. The van der Waals surface area contributed by atoms with E-state index in [0.717, 1.165) is 32.4 Å². The van der Waals surface area contributed by atoms with E-state index in [-0.39, 0.29) is 5.91 Å². The third-order valence-electron chi connectivity index (χ3n) is 4.44. The molecule has 0 N–H and O–H groups in total. The zero-order chi connectivity index (χ0) is 14.7. The van der Waals surface area contributed by atoms with Gasteiger partial charge < -0.3 is 14.4 Å². The Hall–Kier alpha value is -1.39. The minimum absolute atomic E-state index is 0.239. The van der Waals surface area contributed by atoms with Crippen molar-refractivity contribution in [1.82, 2.24) is 4.90 Å². The first-order chi connectivity index (χ1) is 10.2. The summed E-state index contributed by atoms with van der Waals surface area (Å²) < 4.78 is 11.4. The molecule has 3 rings (SSSR count). The van der Waals surface area contributed by atoms with Crippen LogP contribution in [-0.4, -0.2) is 42.9 Å². The molecule has 4 heteroatoms. The van der Waals surface area contributed by atoms with Crippen molar-refractivity contribution < 1.29 is 14.3 Å². The van der Waals surface area contributed by atoms with Crippen LogP contribution in [0.3, 0.4) is 0 Å². The molecule has 4 nitrogen and oxygen atoms in total. The highest BCUT2D eigenvalue weighted by molar-refractivity contribution is 5.76. The molecular weight excluding hydrogens is 266 g/mol. The maximum absolute atomic E-state index is 12.3. The molecule has 0 atom stereocenters. The zero-order valence-corrected chi connectivity index (χ0v) is 12.6. The van der Waals surface area contributed by atoms with Gasteiger partial charge in [-0.25, -0.2) is 0 Å². The predicted octanol–water partition coefficient (Wildman–Crippen LogP) is 2.29. The number of carbonyl (C=O) groups is 1. The smallest absolute Gasteiger partial charge is 0.222 e. The highest BCUT2D eigenvalue weighted by Crippen LogP contribution is 2.31. The molecule has 0 radical (unpaired) electrons. The van der Waals surface area contributed by atoms with Crippen LogP contribution in [0.25, 0.3) is 0 Å². The van der Waals surface area contributed by atoms with Crippen LogP contribution < -0.4 is 0 Å². The number of carbonyl (C=O) groups excluding carboxylic acids is 1. The van der Waals surface area contributed by atoms with Gasteiger partial charge in [-0.15, -0.1) is 0 Å². The molecule has 0 aromatic heterocycles. The first kappa shape index (κ1) is 14.5. The van der Waals surface area contributed by atoms with E-state index < -0.39 is 5.79 Å². The Labute approximate surface area is 126 Å². The van der Waals surface area contributed by atoms with Gasteiger partial charge in [-0.1, -0.05) is 29.8 Å². The number of ether oxygens (including phenoxy) is 2. The molecule has 1 amide bonds. The van der Waals surface area contributed by atoms with E-state index in [9.17, 15) is 4.79 Å². The number of amides is 1. The van der Waals surface area contributed by atoms with Gasteiger partial charge in [0.2, 0.25) is 5.91 Å². The predicted molar refractivity (Wildman–Crippen MR) is 79.9 cm³/mol. The van der Waals surface area contributed by atoms with Crippen molar-refractivity contribution >= 4 is 5.91 Å². The topological polar surface area (TPSA) is 38.8 Å². The van der Waals surface area contributed by atoms with E-state index in [1.807, 2.05) is 4.90 Å². The molecule has 114 valence electrons. The molecule has 1 aromatic carbocycles. The Morgan fingerprint density at radius 1 is 1.14 bits per heavy atom. The molecule has 21 heavy (non-hydrogen) atoms. The van der Waals surface area contributed by atoms with Gasteiger partial charge in [-0.05, 0) is 18.9 Å². The Kier molecular flexibility index (Phi) is 4.27. The molecule has 2 heterocycles. The number of nitrogens with zero attached hydrogens (tertiary/aromatic N) is 1. The second kappa shape index (κ2) is 6.16. The number of hydrogen-bond donors (Lipinski definition) is 0. The van der Waals surface area contributed by atoms with Gasteiger partial charge in [0.25, 0.3) is 0 Å². The van der Waals surface area contributed by atoms with Crippen LogP contribution in [-0.2, 0) is 20.7 Å². The molecule has 1 aromatic rings. The number of rotatable bonds is 3. The van der Waals surface area contributed by atoms with Crippen LogP contribution in [0.15, 0.2) is 24.3 Å². The highest BCUT2D eigenvalue weighted by atomic mass is 16.7. The minimum atomic E-state index is -0.395. The average molecular weight is 289 g/mol. The van der Waals surface area contributed by atoms with Gasteiger partial charge in [0.05, 0.1) is 13.2 Å². The van der Waals surface area contributed by atoms with Gasteiger partial charge in [-0.3, -0.25) is 4.79 Å². The Balaban J connectivity index is 1.47. The largest absolute Gasteiger partial charge is 0.347 e. The second-order valence-electron chi connectivity index (χ2n) is 5.97. The number of benzene rings is 1. The lowest BCUT2D eigenvalue weighted by atomic mass is 10.0. The molecule has 0 bridgehead atoms. The number of aryl methyl sites for hydroxylation is 2. The molecule has 2 aliphatic rings. The van der Waals surface area contributed by atoms with Gasteiger partial charge in [-0.2, -0.15) is 0 Å². The third kappa shape index (κ3) is 3.44. The van der Waals surface area contributed by atoms with E-state index in [4.69, 9.17) is 9.47 Å². The number of hydrogen-bond acceptors (Lipinski definition) is 3. The summed E-state index contributed by atoms with van der Waals surface area (Å²) in [5, 5.41) is 0. The summed E-state index contributed by atoms with van der Waals surface area (Å²) in [6.07, 6.45) is 2.98. The standard InChI is InChI=1S/C17H23NO3/c1-14-2-4-15(5-3-14)6-7-16(19)18-10-8-17(9-11-18)20-12-13-21-17/h2-5H,6-13H2,1H3. The minimum Gasteiger partial charge on any atom is -0.347 e. The Morgan fingerprint density at radius 2 is 1.76 bits per heavy atom. The summed E-state index contributed by atoms with van der Waals surface area (Å²) in [4.78, 5) is 14.2. The first-order valence-electron chi connectivity index (χ1n) is 7.78. The van der Waals surface area contributed by atoms with Crippen molar-refractivity contribution in [2.45, 2.75) is 38.4 Å². The van der Waals surface area contributed by atoms with Crippen LogP contribution >= 0.6 is 0 Å². The molecule has 2 fully saturated rings. The summed E-state index contributed by atoms with van der Waals surface area (Å²) in [7, 11) is 0. The van der Waals surface area contributed by atoms with Gasteiger partial charge in [0.15, 0.2) is 5.79 Å². The maximum Gasteiger partial charge on any atom is 0.222 e. The van der Waals surface area contributed by atoms with Crippen LogP contribution in [0.2, 0.25) is 0 Å². The lowest BCUT2D eigenvalue weighted by Crippen LogP contribution is -2.47. The first-order valence-corrected chi connectivity index (χ1v) is 7.78. The quantitative estimate of drug-likeness (QED) is 0.857. The molecule has 0 saturated carbocycles. The summed E-state index contributed by atoms with van der Waals surface area (Å²) in [5.41, 5.74) is 2.48. The van der Waals surface area contributed by atoms with Crippen LogP contribution in [0.5, 0.6) is 0 Å². The van der Waals surface area contributed by atoms with Gasteiger partial charge in [0, 0.05) is 32.4 Å². The highest BCUT2D eigenvalue weighted by Gasteiger charge is 2.40. The zero-order valence-electron chi connectivity index (χ0n) is 12.6. The SMILES string of the molecule is Cc1ccc(CCC(=O)N2CCC3(CC2)OCCO3)cc1. The van der Waals surface area contributed by atoms with E-state index in [1.54, 1.807) is 0 Å². The van der Waals surface area contributed by atoms with Crippen LogP contribution in [0.4, 0.5) is 0 Å². The van der Waals surface area contributed by atoms with E-state index in [1.165, 1.54) is 11.1 Å². The summed E-state index contributed by atoms with van der Waals surface area (Å²) in [6, 6.07) is 8.40. The van der Waals surface area contributed by atoms with E-state index in [2.05, 4.69) is 31.2 Å². The Morgan fingerprint density at radius 3 is 2.38 bits per heavy atom. The van der Waals surface area contributed by atoms with Gasteiger partial charge in [0.1, 0.15) is 0 Å². The molecule has 2 aliphatic heterocycles. The summed E-state index contributed by atoms with van der Waals surface area (Å²) >= 11 is 0. The summed E-state index contributed by atoms with van der Waals surface area (Å²) in [5.74, 6) is -0.156. The second-order valence-corrected chi connectivity index (χ2v) is 5.97. The molecular formula is C17H23NO3. The maximum atomic E-state index is 12.3.